The highest BCUT2D eigenvalue weighted by Crippen LogP contribution is 2.28. The summed E-state index contributed by atoms with van der Waals surface area (Å²) in [5.74, 6) is 0.939. The molecular formula is C16H14O. The number of aryl methyl sites for hydroxylation is 2. The largest absolute Gasteiger partial charge is 0.456 e. The topological polar surface area (TPSA) is 13.1 Å². The number of fused-ring (bicyclic) bond motifs is 1. The van der Waals surface area contributed by atoms with Gasteiger partial charge in [0.2, 0.25) is 0 Å². The van der Waals surface area contributed by atoms with E-state index in [1.54, 1.807) is 0 Å². The summed E-state index contributed by atoms with van der Waals surface area (Å²) in [6.45, 7) is 4.25. The Hall–Kier alpha value is -2.02. The number of para-hydroxylation sites is 1. The van der Waals surface area contributed by atoms with Crippen LogP contribution < -0.4 is 0 Å². The Morgan fingerprint density at radius 3 is 2.41 bits per heavy atom. The molecule has 0 unspecified atom stereocenters. The molecule has 1 aromatic heterocycles. The molecule has 0 spiro atoms. The van der Waals surface area contributed by atoms with Crippen LogP contribution in [-0.2, 0) is 0 Å². The fourth-order valence-electron chi connectivity index (χ4n) is 2.02. The molecule has 1 heteroatoms. The summed E-state index contributed by atoms with van der Waals surface area (Å²) in [6.07, 6.45) is 0. The highest BCUT2D eigenvalue weighted by molar-refractivity contribution is 5.82. The smallest absolute Gasteiger partial charge is 0.135 e. The van der Waals surface area contributed by atoms with Crippen LogP contribution in [0.25, 0.3) is 22.3 Å². The Morgan fingerprint density at radius 2 is 1.65 bits per heavy atom. The first-order valence-electron chi connectivity index (χ1n) is 5.80. The second kappa shape index (κ2) is 3.77. The molecule has 3 aromatic rings. The number of hydrogen-bond donors (Lipinski definition) is 0. The maximum absolute atomic E-state index is 5.85. The highest BCUT2D eigenvalue weighted by Gasteiger charge is 2.06. The molecule has 2 aromatic carbocycles. The SMILES string of the molecule is Cc1ccc(-c2cc3ccccc3o2)cc1C. The summed E-state index contributed by atoms with van der Waals surface area (Å²) >= 11 is 0. The van der Waals surface area contributed by atoms with Crippen molar-refractivity contribution in [3.8, 4) is 11.3 Å². The average Bonchev–Trinajstić information content (AvgIpc) is 2.76. The van der Waals surface area contributed by atoms with E-state index in [0.717, 1.165) is 22.3 Å². The van der Waals surface area contributed by atoms with Gasteiger partial charge in [-0.1, -0.05) is 30.3 Å². The summed E-state index contributed by atoms with van der Waals surface area (Å²) in [7, 11) is 0. The molecule has 0 aliphatic heterocycles. The summed E-state index contributed by atoms with van der Waals surface area (Å²) < 4.78 is 5.85. The molecule has 0 saturated carbocycles. The highest BCUT2D eigenvalue weighted by atomic mass is 16.3. The van der Waals surface area contributed by atoms with Gasteiger partial charge < -0.3 is 4.42 Å². The van der Waals surface area contributed by atoms with E-state index in [1.165, 1.54) is 11.1 Å². The van der Waals surface area contributed by atoms with Gasteiger partial charge in [0.15, 0.2) is 0 Å². The van der Waals surface area contributed by atoms with Crippen LogP contribution in [-0.4, -0.2) is 0 Å². The van der Waals surface area contributed by atoms with E-state index in [2.05, 4.69) is 44.2 Å². The first-order valence-corrected chi connectivity index (χ1v) is 5.80. The molecule has 0 aliphatic carbocycles. The summed E-state index contributed by atoms with van der Waals surface area (Å²) in [5, 5.41) is 1.15. The minimum atomic E-state index is 0.939. The molecule has 0 radical (unpaired) electrons. The third-order valence-electron chi connectivity index (χ3n) is 3.22. The van der Waals surface area contributed by atoms with Crippen molar-refractivity contribution in [1.82, 2.24) is 0 Å². The maximum atomic E-state index is 5.85. The van der Waals surface area contributed by atoms with Crippen molar-refractivity contribution in [1.29, 1.82) is 0 Å². The van der Waals surface area contributed by atoms with E-state index in [1.807, 2.05) is 18.2 Å². The maximum Gasteiger partial charge on any atom is 0.135 e. The second-order valence-electron chi connectivity index (χ2n) is 4.45. The fourth-order valence-corrected chi connectivity index (χ4v) is 2.02. The Balaban J connectivity index is 2.17. The van der Waals surface area contributed by atoms with Crippen LogP contribution in [0.3, 0.4) is 0 Å². The lowest BCUT2D eigenvalue weighted by Gasteiger charge is -2.01. The van der Waals surface area contributed by atoms with Gasteiger partial charge in [0.25, 0.3) is 0 Å². The predicted octanol–water partition coefficient (Wildman–Crippen LogP) is 4.72. The van der Waals surface area contributed by atoms with Crippen LogP contribution in [0.15, 0.2) is 52.9 Å². The van der Waals surface area contributed by atoms with Gasteiger partial charge in [0, 0.05) is 10.9 Å². The van der Waals surface area contributed by atoms with Crippen LogP contribution in [0.4, 0.5) is 0 Å². The number of furan rings is 1. The van der Waals surface area contributed by atoms with Crippen LogP contribution in [0.5, 0.6) is 0 Å². The summed E-state index contributed by atoms with van der Waals surface area (Å²) in [6, 6.07) is 16.6. The summed E-state index contributed by atoms with van der Waals surface area (Å²) in [4.78, 5) is 0. The lowest BCUT2D eigenvalue weighted by molar-refractivity contribution is 0.631. The van der Waals surface area contributed by atoms with Gasteiger partial charge in [-0.3, -0.25) is 0 Å². The lowest BCUT2D eigenvalue weighted by Crippen LogP contribution is -1.81. The Bertz CT molecular complexity index is 644. The molecular weight excluding hydrogens is 208 g/mol. The molecule has 84 valence electrons. The number of benzene rings is 2. The lowest BCUT2D eigenvalue weighted by atomic mass is 10.0. The number of hydrogen-bond acceptors (Lipinski definition) is 1. The first-order chi connectivity index (χ1) is 8.24. The van der Waals surface area contributed by atoms with E-state index in [9.17, 15) is 0 Å². The zero-order valence-corrected chi connectivity index (χ0v) is 10.0. The van der Waals surface area contributed by atoms with Crippen molar-refractivity contribution in [2.24, 2.45) is 0 Å². The molecule has 1 nitrogen and oxygen atoms in total. The molecule has 0 bridgehead atoms. The van der Waals surface area contributed by atoms with Crippen molar-refractivity contribution in [3.05, 3.63) is 59.7 Å². The van der Waals surface area contributed by atoms with E-state index in [-0.39, 0.29) is 0 Å². The predicted molar refractivity (Wildman–Crippen MR) is 71.1 cm³/mol. The number of rotatable bonds is 1. The van der Waals surface area contributed by atoms with Gasteiger partial charge in [-0.2, -0.15) is 0 Å². The Labute approximate surface area is 101 Å². The van der Waals surface area contributed by atoms with E-state index in [0.29, 0.717) is 0 Å². The molecule has 1 heterocycles. The standard InChI is InChI=1S/C16H14O/c1-11-7-8-14(9-12(11)2)16-10-13-5-3-4-6-15(13)17-16/h3-10H,1-2H3. The quantitative estimate of drug-likeness (QED) is 0.580. The van der Waals surface area contributed by atoms with Crippen LogP contribution in [0, 0.1) is 13.8 Å². The van der Waals surface area contributed by atoms with E-state index < -0.39 is 0 Å². The van der Waals surface area contributed by atoms with Gasteiger partial charge in [-0.05, 0) is 43.2 Å². The molecule has 0 fully saturated rings. The zero-order valence-electron chi connectivity index (χ0n) is 10.0. The normalized spacial score (nSPS) is 10.9. The zero-order chi connectivity index (χ0) is 11.8. The molecule has 0 atom stereocenters. The molecule has 3 rings (SSSR count). The van der Waals surface area contributed by atoms with Gasteiger partial charge >= 0.3 is 0 Å². The van der Waals surface area contributed by atoms with Gasteiger partial charge in [0.1, 0.15) is 11.3 Å². The molecule has 0 N–H and O–H groups in total. The van der Waals surface area contributed by atoms with Crippen LogP contribution in [0.2, 0.25) is 0 Å². The minimum absolute atomic E-state index is 0.939. The van der Waals surface area contributed by atoms with Crippen LogP contribution >= 0.6 is 0 Å². The van der Waals surface area contributed by atoms with Crippen molar-refractivity contribution in [2.45, 2.75) is 13.8 Å². The molecule has 0 amide bonds. The van der Waals surface area contributed by atoms with Crippen molar-refractivity contribution in [3.63, 3.8) is 0 Å². The fraction of sp³-hybridized carbons (Fsp3) is 0.125. The van der Waals surface area contributed by atoms with Gasteiger partial charge in [-0.15, -0.1) is 0 Å². The van der Waals surface area contributed by atoms with Gasteiger partial charge in [-0.25, -0.2) is 0 Å². The van der Waals surface area contributed by atoms with E-state index >= 15 is 0 Å². The summed E-state index contributed by atoms with van der Waals surface area (Å²) in [5.41, 5.74) is 4.69. The monoisotopic (exact) mass is 222 g/mol. The third-order valence-corrected chi connectivity index (χ3v) is 3.22. The second-order valence-corrected chi connectivity index (χ2v) is 4.45. The van der Waals surface area contributed by atoms with Crippen molar-refractivity contribution in [2.75, 3.05) is 0 Å². The molecule has 0 aliphatic rings. The van der Waals surface area contributed by atoms with E-state index in [4.69, 9.17) is 4.42 Å². The third kappa shape index (κ3) is 1.74. The molecule has 0 saturated heterocycles. The first kappa shape index (κ1) is 10.2. The van der Waals surface area contributed by atoms with Crippen molar-refractivity contribution >= 4 is 11.0 Å². The van der Waals surface area contributed by atoms with Crippen LogP contribution in [0.1, 0.15) is 11.1 Å². The molecule has 17 heavy (non-hydrogen) atoms. The minimum Gasteiger partial charge on any atom is -0.456 e. The van der Waals surface area contributed by atoms with Gasteiger partial charge in [0.05, 0.1) is 0 Å². The Kier molecular flexibility index (Phi) is 2.25. The average molecular weight is 222 g/mol. The van der Waals surface area contributed by atoms with Crippen molar-refractivity contribution < 1.29 is 4.42 Å². The Morgan fingerprint density at radius 1 is 0.824 bits per heavy atom.